The van der Waals surface area contributed by atoms with Crippen molar-refractivity contribution in [3.63, 3.8) is 0 Å². The van der Waals surface area contributed by atoms with Crippen LogP contribution in [-0.2, 0) is 14.8 Å². The summed E-state index contributed by atoms with van der Waals surface area (Å²) in [6.45, 7) is 3.65. The Morgan fingerprint density at radius 2 is 1.88 bits per heavy atom. The number of amides is 1. The molecule has 1 amide bonds. The molecule has 7 heteroatoms. The molecule has 0 saturated carbocycles. The van der Waals surface area contributed by atoms with Crippen LogP contribution >= 0.6 is 0 Å². The third-order valence-corrected chi connectivity index (χ3v) is 5.06. The van der Waals surface area contributed by atoms with Gasteiger partial charge in [-0.15, -0.1) is 6.42 Å². The third-order valence-electron chi connectivity index (χ3n) is 3.68. The fraction of sp³-hybridized carbons (Fsp3) is 0.211. The number of anilines is 2. The van der Waals surface area contributed by atoms with Crippen LogP contribution in [0.4, 0.5) is 11.4 Å². The van der Waals surface area contributed by atoms with E-state index in [0.29, 0.717) is 11.4 Å². The zero-order valence-electron chi connectivity index (χ0n) is 14.6. The number of sulfonamides is 1. The molecule has 0 spiro atoms. The lowest BCUT2D eigenvalue weighted by atomic mass is 10.1. The lowest BCUT2D eigenvalue weighted by Crippen LogP contribution is -2.37. The average Bonchev–Trinajstić information content (AvgIpc) is 2.63. The van der Waals surface area contributed by atoms with E-state index >= 15 is 0 Å². The largest absolute Gasteiger partial charge is 0.374 e. The minimum Gasteiger partial charge on any atom is -0.374 e. The van der Waals surface area contributed by atoms with Gasteiger partial charge in [0.1, 0.15) is 6.04 Å². The van der Waals surface area contributed by atoms with Crippen molar-refractivity contribution >= 4 is 27.3 Å². The average molecular weight is 371 g/mol. The van der Waals surface area contributed by atoms with Crippen molar-refractivity contribution in [2.75, 3.05) is 16.6 Å². The van der Waals surface area contributed by atoms with Gasteiger partial charge in [-0.05, 0) is 43.7 Å². The second kappa shape index (κ2) is 8.41. The van der Waals surface area contributed by atoms with Crippen molar-refractivity contribution in [3.05, 3.63) is 54.1 Å². The number of hydrogen-bond donors (Lipinski definition) is 3. The van der Waals surface area contributed by atoms with E-state index in [1.165, 1.54) is 12.1 Å². The van der Waals surface area contributed by atoms with Gasteiger partial charge in [0.25, 0.3) is 10.0 Å². The van der Waals surface area contributed by atoms with Gasteiger partial charge in [-0.25, -0.2) is 8.42 Å². The van der Waals surface area contributed by atoms with E-state index in [0.717, 1.165) is 5.56 Å². The molecule has 0 aliphatic rings. The van der Waals surface area contributed by atoms with Crippen molar-refractivity contribution in [1.82, 2.24) is 5.32 Å². The molecule has 1 atom stereocenters. The molecule has 26 heavy (non-hydrogen) atoms. The maximum Gasteiger partial charge on any atom is 0.261 e. The van der Waals surface area contributed by atoms with E-state index in [2.05, 4.69) is 21.3 Å². The number of aryl methyl sites for hydroxylation is 1. The lowest BCUT2D eigenvalue weighted by molar-refractivity contribution is -0.121. The minimum absolute atomic E-state index is 0.154. The molecule has 2 aromatic carbocycles. The number of terminal acetylenes is 1. The molecule has 0 aliphatic carbocycles. The van der Waals surface area contributed by atoms with Gasteiger partial charge in [-0.3, -0.25) is 9.52 Å². The summed E-state index contributed by atoms with van der Waals surface area (Å²) in [4.78, 5) is 12.1. The first-order chi connectivity index (χ1) is 12.3. The lowest BCUT2D eigenvalue weighted by Gasteiger charge is -2.17. The summed E-state index contributed by atoms with van der Waals surface area (Å²) in [5.74, 6) is 2.10. The maximum absolute atomic E-state index is 12.5. The molecule has 0 radical (unpaired) electrons. The summed E-state index contributed by atoms with van der Waals surface area (Å²) in [6.07, 6.45) is 5.12. The zero-order valence-corrected chi connectivity index (χ0v) is 15.4. The zero-order chi connectivity index (χ0) is 19.2. The molecular formula is C19H21N3O3S. The number of carbonyl (C=O) groups is 1. The molecule has 2 rings (SSSR count). The first kappa shape index (κ1) is 19.3. The normalized spacial score (nSPS) is 11.9. The van der Waals surface area contributed by atoms with E-state index < -0.39 is 16.1 Å². The Kier molecular flexibility index (Phi) is 6.26. The molecule has 136 valence electrons. The fourth-order valence-corrected chi connectivity index (χ4v) is 3.37. The van der Waals surface area contributed by atoms with Crippen LogP contribution in [0.5, 0.6) is 0 Å². The minimum atomic E-state index is -3.69. The van der Waals surface area contributed by atoms with E-state index in [1.54, 1.807) is 50.2 Å². The number of hydrogen-bond acceptors (Lipinski definition) is 4. The van der Waals surface area contributed by atoms with Crippen molar-refractivity contribution in [2.24, 2.45) is 0 Å². The van der Waals surface area contributed by atoms with Gasteiger partial charge in [-0.1, -0.05) is 30.2 Å². The molecule has 0 fully saturated rings. The van der Waals surface area contributed by atoms with Gasteiger partial charge in [0.15, 0.2) is 0 Å². The molecule has 0 unspecified atom stereocenters. The molecular weight excluding hydrogens is 350 g/mol. The molecule has 0 aliphatic heterocycles. The third kappa shape index (κ3) is 5.01. The summed E-state index contributed by atoms with van der Waals surface area (Å²) in [5, 5.41) is 5.62. The second-order valence-electron chi connectivity index (χ2n) is 5.74. The second-order valence-corrected chi connectivity index (χ2v) is 7.42. The predicted octanol–water partition coefficient (Wildman–Crippen LogP) is 2.35. The van der Waals surface area contributed by atoms with Crippen LogP contribution in [0.2, 0.25) is 0 Å². The van der Waals surface area contributed by atoms with E-state index in [4.69, 9.17) is 6.42 Å². The van der Waals surface area contributed by atoms with Crippen LogP contribution in [0.3, 0.4) is 0 Å². The number of carbonyl (C=O) groups excluding carboxylic acids is 1. The quantitative estimate of drug-likeness (QED) is 0.652. The van der Waals surface area contributed by atoms with Crippen molar-refractivity contribution in [1.29, 1.82) is 0 Å². The summed E-state index contributed by atoms with van der Waals surface area (Å²) in [5.41, 5.74) is 1.82. The molecule has 2 aromatic rings. The molecule has 3 N–H and O–H groups in total. The van der Waals surface area contributed by atoms with E-state index in [1.807, 2.05) is 0 Å². The topological polar surface area (TPSA) is 87.3 Å². The summed E-state index contributed by atoms with van der Waals surface area (Å²) >= 11 is 0. The van der Waals surface area contributed by atoms with Crippen molar-refractivity contribution < 1.29 is 13.2 Å². The van der Waals surface area contributed by atoms with Crippen LogP contribution in [0, 0.1) is 19.3 Å². The Morgan fingerprint density at radius 1 is 1.19 bits per heavy atom. The van der Waals surface area contributed by atoms with Gasteiger partial charge in [0.05, 0.1) is 17.1 Å². The van der Waals surface area contributed by atoms with Crippen molar-refractivity contribution in [3.8, 4) is 12.3 Å². The first-order valence-electron chi connectivity index (χ1n) is 7.99. The number of benzene rings is 2. The van der Waals surface area contributed by atoms with Gasteiger partial charge >= 0.3 is 0 Å². The molecule has 0 aromatic heterocycles. The molecule has 6 nitrogen and oxygen atoms in total. The van der Waals surface area contributed by atoms with E-state index in [9.17, 15) is 13.2 Å². The summed E-state index contributed by atoms with van der Waals surface area (Å²) in [6, 6.07) is 12.8. The summed E-state index contributed by atoms with van der Waals surface area (Å²) < 4.78 is 27.6. The smallest absolute Gasteiger partial charge is 0.261 e. The van der Waals surface area contributed by atoms with Crippen LogP contribution in [0.1, 0.15) is 12.5 Å². The summed E-state index contributed by atoms with van der Waals surface area (Å²) in [7, 11) is -3.69. The first-order valence-corrected chi connectivity index (χ1v) is 9.48. The highest BCUT2D eigenvalue weighted by molar-refractivity contribution is 7.92. The molecule has 0 heterocycles. The Morgan fingerprint density at radius 3 is 2.54 bits per heavy atom. The van der Waals surface area contributed by atoms with Gasteiger partial charge in [-0.2, -0.15) is 0 Å². The van der Waals surface area contributed by atoms with Crippen LogP contribution in [0.25, 0.3) is 0 Å². The van der Waals surface area contributed by atoms with E-state index in [-0.39, 0.29) is 17.3 Å². The monoisotopic (exact) mass is 371 g/mol. The standard InChI is InChI=1S/C19H21N3O3S/c1-4-12-20-19(23)15(3)21-16-11-10-14(2)18(13-16)22-26(24,25)17-8-6-5-7-9-17/h1,5-11,13,15,21-22H,12H2,2-3H3,(H,20,23)/t15-/m0/s1. The highest BCUT2D eigenvalue weighted by Gasteiger charge is 2.16. The van der Waals surface area contributed by atoms with Crippen LogP contribution in [-0.4, -0.2) is 26.9 Å². The SMILES string of the molecule is C#CCNC(=O)[C@H](C)Nc1ccc(C)c(NS(=O)(=O)c2ccccc2)c1. The van der Waals surface area contributed by atoms with Crippen molar-refractivity contribution in [2.45, 2.75) is 24.8 Å². The predicted molar refractivity (Wildman–Crippen MR) is 103 cm³/mol. The maximum atomic E-state index is 12.5. The highest BCUT2D eigenvalue weighted by Crippen LogP contribution is 2.24. The Labute approximate surface area is 154 Å². The van der Waals surface area contributed by atoms with Gasteiger partial charge in [0.2, 0.25) is 5.91 Å². The number of nitrogens with one attached hydrogen (secondary N) is 3. The van der Waals surface area contributed by atoms with Crippen LogP contribution in [0.15, 0.2) is 53.4 Å². The fourth-order valence-electron chi connectivity index (χ4n) is 2.23. The molecule has 0 saturated heterocycles. The number of rotatable bonds is 7. The molecule has 0 bridgehead atoms. The Balaban J connectivity index is 2.17. The Bertz CT molecular complexity index is 919. The van der Waals surface area contributed by atoms with Crippen LogP contribution < -0.4 is 15.4 Å². The Hall–Kier alpha value is -2.98. The van der Waals surface area contributed by atoms with Gasteiger partial charge in [0, 0.05) is 5.69 Å². The highest BCUT2D eigenvalue weighted by atomic mass is 32.2. The van der Waals surface area contributed by atoms with Gasteiger partial charge < -0.3 is 10.6 Å².